The summed E-state index contributed by atoms with van der Waals surface area (Å²) in [7, 11) is 0. The van der Waals surface area contributed by atoms with Gasteiger partial charge in [-0.3, -0.25) is 0 Å². The van der Waals surface area contributed by atoms with Crippen molar-refractivity contribution in [3.8, 4) is 0 Å². The standard InChI is InChI=1S/C10H14ClN5/c11-8-13-9(12)15-10(14-8)16-4-6-2-1-3-7(6)5-16/h6-7H,1-5H2,(H2,12,13,14,15). The van der Waals surface area contributed by atoms with Gasteiger partial charge in [-0.05, 0) is 36.3 Å². The molecular weight excluding hydrogens is 226 g/mol. The van der Waals surface area contributed by atoms with Crippen LogP contribution in [0.25, 0.3) is 0 Å². The minimum atomic E-state index is 0.180. The second-order valence-corrected chi connectivity index (χ2v) is 4.96. The van der Waals surface area contributed by atoms with Crippen LogP contribution in [0.2, 0.25) is 5.28 Å². The van der Waals surface area contributed by atoms with Crippen molar-refractivity contribution in [1.82, 2.24) is 15.0 Å². The van der Waals surface area contributed by atoms with Gasteiger partial charge < -0.3 is 10.6 Å². The van der Waals surface area contributed by atoms with Crippen LogP contribution in [-0.2, 0) is 0 Å². The second-order valence-electron chi connectivity index (χ2n) is 4.62. The summed E-state index contributed by atoms with van der Waals surface area (Å²) in [5, 5.41) is 0.180. The Hall–Kier alpha value is -1.10. The van der Waals surface area contributed by atoms with E-state index in [9.17, 15) is 0 Å². The molecule has 2 N–H and O–H groups in total. The first-order valence-corrected chi connectivity index (χ1v) is 6.02. The van der Waals surface area contributed by atoms with E-state index in [-0.39, 0.29) is 11.2 Å². The normalized spacial score (nSPS) is 28.4. The van der Waals surface area contributed by atoms with Gasteiger partial charge in [0, 0.05) is 13.1 Å². The van der Waals surface area contributed by atoms with Crippen LogP contribution in [0.15, 0.2) is 0 Å². The molecule has 0 bridgehead atoms. The first kappa shape index (κ1) is 10.1. The van der Waals surface area contributed by atoms with E-state index in [1.165, 1.54) is 19.3 Å². The van der Waals surface area contributed by atoms with Gasteiger partial charge in [-0.25, -0.2) is 0 Å². The Labute approximate surface area is 99.0 Å². The number of nitrogens with two attached hydrogens (primary N) is 1. The monoisotopic (exact) mass is 239 g/mol. The maximum Gasteiger partial charge on any atom is 0.231 e. The zero-order chi connectivity index (χ0) is 11.1. The molecule has 2 heterocycles. The molecule has 1 saturated carbocycles. The molecule has 2 unspecified atom stereocenters. The average molecular weight is 240 g/mol. The van der Waals surface area contributed by atoms with Crippen LogP contribution in [0, 0.1) is 11.8 Å². The van der Waals surface area contributed by atoms with Crippen LogP contribution >= 0.6 is 11.6 Å². The quantitative estimate of drug-likeness (QED) is 0.801. The van der Waals surface area contributed by atoms with Crippen molar-refractivity contribution in [3.05, 3.63) is 5.28 Å². The van der Waals surface area contributed by atoms with E-state index < -0.39 is 0 Å². The number of aromatic nitrogens is 3. The largest absolute Gasteiger partial charge is 0.368 e. The van der Waals surface area contributed by atoms with Crippen molar-refractivity contribution in [3.63, 3.8) is 0 Å². The molecule has 0 radical (unpaired) electrons. The maximum absolute atomic E-state index is 5.78. The highest BCUT2D eigenvalue weighted by Crippen LogP contribution is 2.38. The summed E-state index contributed by atoms with van der Waals surface area (Å²) in [5.74, 6) is 2.44. The van der Waals surface area contributed by atoms with Crippen LogP contribution in [0.4, 0.5) is 11.9 Å². The molecule has 1 aromatic heterocycles. The van der Waals surface area contributed by atoms with Crippen molar-refractivity contribution in [2.75, 3.05) is 23.7 Å². The van der Waals surface area contributed by atoms with Crippen LogP contribution in [0.3, 0.4) is 0 Å². The first-order valence-electron chi connectivity index (χ1n) is 5.64. The molecule has 6 heteroatoms. The summed E-state index contributed by atoms with van der Waals surface area (Å²) in [4.78, 5) is 14.2. The third-order valence-corrected chi connectivity index (χ3v) is 3.79. The summed E-state index contributed by atoms with van der Waals surface area (Å²) in [6.45, 7) is 2.06. The van der Waals surface area contributed by atoms with Gasteiger partial charge in [-0.2, -0.15) is 15.0 Å². The van der Waals surface area contributed by atoms with E-state index in [0.29, 0.717) is 5.95 Å². The predicted octanol–water partition coefficient (Wildman–Crippen LogP) is 1.34. The van der Waals surface area contributed by atoms with Gasteiger partial charge >= 0.3 is 0 Å². The third kappa shape index (κ3) is 1.69. The van der Waals surface area contributed by atoms with Crippen molar-refractivity contribution in [1.29, 1.82) is 0 Å². The molecule has 86 valence electrons. The molecule has 2 aliphatic rings. The highest BCUT2D eigenvalue weighted by molar-refractivity contribution is 6.28. The van der Waals surface area contributed by atoms with E-state index in [4.69, 9.17) is 17.3 Å². The van der Waals surface area contributed by atoms with Crippen LogP contribution in [-0.4, -0.2) is 28.0 Å². The van der Waals surface area contributed by atoms with Gasteiger partial charge in [0.05, 0.1) is 0 Å². The number of nitrogen functional groups attached to an aromatic ring is 1. The number of fused-ring (bicyclic) bond motifs is 1. The molecule has 5 nitrogen and oxygen atoms in total. The smallest absolute Gasteiger partial charge is 0.231 e. The fourth-order valence-corrected chi connectivity index (χ4v) is 3.06. The lowest BCUT2D eigenvalue weighted by Crippen LogP contribution is -2.23. The first-order chi connectivity index (χ1) is 7.72. The van der Waals surface area contributed by atoms with Gasteiger partial charge in [-0.1, -0.05) is 6.42 Å². The lowest BCUT2D eigenvalue weighted by atomic mass is 10.0. The maximum atomic E-state index is 5.78. The predicted molar refractivity (Wildman–Crippen MR) is 62.3 cm³/mol. The average Bonchev–Trinajstić information content (AvgIpc) is 2.74. The Morgan fingerprint density at radius 2 is 1.81 bits per heavy atom. The molecule has 2 fully saturated rings. The molecular formula is C10H14ClN5. The Bertz CT molecular complexity index is 378. The van der Waals surface area contributed by atoms with E-state index in [2.05, 4.69) is 19.9 Å². The highest BCUT2D eigenvalue weighted by atomic mass is 35.5. The van der Waals surface area contributed by atoms with Gasteiger partial charge in [-0.15, -0.1) is 0 Å². The summed E-state index contributed by atoms with van der Waals surface area (Å²) in [6.07, 6.45) is 4.02. The Balaban J connectivity index is 1.83. The Morgan fingerprint density at radius 3 is 2.44 bits per heavy atom. The van der Waals surface area contributed by atoms with E-state index in [1.54, 1.807) is 0 Å². The minimum Gasteiger partial charge on any atom is -0.368 e. The van der Waals surface area contributed by atoms with Crippen molar-refractivity contribution in [2.45, 2.75) is 19.3 Å². The third-order valence-electron chi connectivity index (χ3n) is 3.62. The highest BCUT2D eigenvalue weighted by Gasteiger charge is 2.37. The Morgan fingerprint density at radius 1 is 1.12 bits per heavy atom. The molecule has 1 saturated heterocycles. The lowest BCUT2D eigenvalue weighted by molar-refractivity contribution is 0.494. The summed E-state index contributed by atoms with van der Waals surface area (Å²) < 4.78 is 0. The van der Waals surface area contributed by atoms with Gasteiger partial charge in [0.25, 0.3) is 0 Å². The van der Waals surface area contributed by atoms with Gasteiger partial charge in [0.1, 0.15) is 0 Å². The molecule has 16 heavy (non-hydrogen) atoms. The summed E-state index contributed by atoms with van der Waals surface area (Å²) in [6, 6.07) is 0. The number of anilines is 2. The zero-order valence-electron chi connectivity index (χ0n) is 8.93. The molecule has 1 aliphatic heterocycles. The number of rotatable bonds is 1. The number of hydrogen-bond donors (Lipinski definition) is 1. The number of hydrogen-bond acceptors (Lipinski definition) is 5. The lowest BCUT2D eigenvalue weighted by Gasteiger charge is -2.16. The fraction of sp³-hybridized carbons (Fsp3) is 0.700. The second kappa shape index (κ2) is 3.73. The minimum absolute atomic E-state index is 0.180. The van der Waals surface area contributed by atoms with E-state index in [1.807, 2.05) is 0 Å². The molecule has 2 atom stereocenters. The van der Waals surface area contributed by atoms with Crippen molar-refractivity contribution in [2.24, 2.45) is 11.8 Å². The van der Waals surface area contributed by atoms with Gasteiger partial charge in [0.15, 0.2) is 0 Å². The van der Waals surface area contributed by atoms with Gasteiger partial charge in [0.2, 0.25) is 17.2 Å². The SMILES string of the molecule is Nc1nc(Cl)nc(N2CC3CCCC3C2)n1. The van der Waals surface area contributed by atoms with Crippen LogP contribution in [0.5, 0.6) is 0 Å². The number of nitrogens with zero attached hydrogens (tertiary/aromatic N) is 4. The van der Waals surface area contributed by atoms with Crippen molar-refractivity contribution < 1.29 is 0 Å². The Kier molecular flexibility index (Phi) is 2.35. The van der Waals surface area contributed by atoms with Crippen LogP contribution in [0.1, 0.15) is 19.3 Å². The molecule has 0 amide bonds. The summed E-state index contributed by atoms with van der Waals surface area (Å²) in [5.41, 5.74) is 5.57. The topological polar surface area (TPSA) is 67.9 Å². The molecule has 0 aromatic carbocycles. The zero-order valence-corrected chi connectivity index (χ0v) is 9.69. The molecule has 3 rings (SSSR count). The number of halogens is 1. The molecule has 0 spiro atoms. The molecule has 1 aromatic rings. The van der Waals surface area contributed by atoms with Crippen LogP contribution < -0.4 is 10.6 Å². The molecule has 1 aliphatic carbocycles. The van der Waals surface area contributed by atoms with E-state index >= 15 is 0 Å². The summed E-state index contributed by atoms with van der Waals surface area (Å²) >= 11 is 5.78. The fourth-order valence-electron chi connectivity index (χ4n) is 2.89. The van der Waals surface area contributed by atoms with E-state index in [0.717, 1.165) is 24.9 Å². The van der Waals surface area contributed by atoms with Crippen molar-refractivity contribution >= 4 is 23.5 Å².